The van der Waals surface area contributed by atoms with Crippen LogP contribution in [0.5, 0.6) is 5.75 Å². The number of hydrogen-bond acceptors (Lipinski definition) is 6. The third-order valence-electron chi connectivity index (χ3n) is 4.39. The van der Waals surface area contributed by atoms with Crippen molar-refractivity contribution in [2.24, 2.45) is 0 Å². The number of hydrogen-bond donors (Lipinski definition) is 1. The highest BCUT2D eigenvalue weighted by molar-refractivity contribution is 5.98. The Kier molecular flexibility index (Phi) is 6.80. The lowest BCUT2D eigenvalue weighted by Gasteiger charge is -2.23. The summed E-state index contributed by atoms with van der Waals surface area (Å²) in [6.45, 7) is 0.598. The number of imide groups is 1. The van der Waals surface area contributed by atoms with Gasteiger partial charge in [-0.25, -0.2) is 9.69 Å². The van der Waals surface area contributed by atoms with Gasteiger partial charge in [0.25, 0.3) is 11.8 Å². The lowest BCUT2D eigenvalue weighted by Crippen LogP contribution is -2.40. The maximum Gasteiger partial charge on any atom is 0.417 e. The molecule has 8 nitrogen and oxygen atoms in total. The van der Waals surface area contributed by atoms with Crippen molar-refractivity contribution < 1.29 is 28.6 Å². The predicted octanol–water partition coefficient (Wildman–Crippen LogP) is 2.16. The molecule has 0 aliphatic carbocycles. The number of carbonyl (C=O) groups excluding carboxylic acids is 3. The first kappa shape index (κ1) is 20.3. The quantitative estimate of drug-likeness (QED) is 0.651. The molecule has 1 aliphatic rings. The summed E-state index contributed by atoms with van der Waals surface area (Å²) in [6, 6.07) is 15.3. The second kappa shape index (κ2) is 9.70. The summed E-state index contributed by atoms with van der Waals surface area (Å²) in [5.41, 5.74) is 1.20. The van der Waals surface area contributed by atoms with Crippen molar-refractivity contribution in [2.75, 3.05) is 33.5 Å². The zero-order chi connectivity index (χ0) is 20.6. The predicted molar refractivity (Wildman–Crippen MR) is 104 cm³/mol. The molecule has 2 aromatic rings. The molecule has 2 aromatic carbocycles. The van der Waals surface area contributed by atoms with Gasteiger partial charge in [0.05, 0.1) is 19.2 Å². The van der Waals surface area contributed by atoms with Gasteiger partial charge in [-0.15, -0.1) is 0 Å². The lowest BCUT2D eigenvalue weighted by molar-refractivity contribution is -0.126. The molecule has 8 heteroatoms. The molecule has 1 heterocycles. The van der Waals surface area contributed by atoms with Crippen LogP contribution in [-0.4, -0.2) is 56.3 Å². The van der Waals surface area contributed by atoms with E-state index in [1.807, 2.05) is 30.3 Å². The molecular formula is C21H22N2O6. The molecule has 0 aromatic heterocycles. The Morgan fingerprint density at radius 3 is 2.45 bits per heavy atom. The first-order valence-corrected chi connectivity index (χ1v) is 9.13. The third-order valence-corrected chi connectivity index (χ3v) is 4.39. The first-order valence-electron chi connectivity index (χ1n) is 9.13. The average molecular weight is 398 g/mol. The summed E-state index contributed by atoms with van der Waals surface area (Å²) >= 11 is 0. The molecule has 29 heavy (non-hydrogen) atoms. The number of amides is 3. The smallest absolute Gasteiger partial charge is 0.417 e. The van der Waals surface area contributed by atoms with Gasteiger partial charge in [-0.2, -0.15) is 0 Å². The molecule has 1 atom stereocenters. The Morgan fingerprint density at radius 2 is 1.83 bits per heavy atom. The highest BCUT2D eigenvalue weighted by Crippen LogP contribution is 2.19. The molecule has 1 unspecified atom stereocenters. The lowest BCUT2D eigenvalue weighted by atomic mass is 10.1. The Morgan fingerprint density at radius 1 is 1.10 bits per heavy atom. The summed E-state index contributed by atoms with van der Waals surface area (Å²) in [7, 11) is 1.59. The van der Waals surface area contributed by atoms with Gasteiger partial charge < -0.3 is 19.5 Å². The molecule has 152 valence electrons. The van der Waals surface area contributed by atoms with E-state index in [4.69, 9.17) is 14.2 Å². The first-order chi connectivity index (χ1) is 14.1. The van der Waals surface area contributed by atoms with Crippen molar-refractivity contribution >= 4 is 17.9 Å². The normalized spacial score (nSPS) is 14.4. The van der Waals surface area contributed by atoms with Crippen LogP contribution >= 0.6 is 0 Å². The van der Waals surface area contributed by atoms with E-state index >= 15 is 0 Å². The van der Waals surface area contributed by atoms with Gasteiger partial charge in [0, 0.05) is 12.7 Å². The van der Waals surface area contributed by atoms with E-state index in [-0.39, 0.29) is 19.1 Å². The minimum absolute atomic E-state index is 0.00830. The fourth-order valence-electron chi connectivity index (χ4n) is 2.85. The summed E-state index contributed by atoms with van der Waals surface area (Å²) < 4.78 is 15.2. The van der Waals surface area contributed by atoms with Crippen LogP contribution in [0.4, 0.5) is 4.79 Å². The van der Waals surface area contributed by atoms with Gasteiger partial charge in [0.1, 0.15) is 12.4 Å². The van der Waals surface area contributed by atoms with Crippen molar-refractivity contribution in [1.82, 2.24) is 10.2 Å². The molecule has 1 saturated heterocycles. The maximum absolute atomic E-state index is 12.7. The van der Waals surface area contributed by atoms with Crippen molar-refractivity contribution in [3.05, 3.63) is 65.7 Å². The molecule has 0 radical (unpaired) electrons. The van der Waals surface area contributed by atoms with Gasteiger partial charge in [-0.05, 0) is 29.8 Å². The second-order valence-electron chi connectivity index (χ2n) is 6.36. The van der Waals surface area contributed by atoms with Crippen molar-refractivity contribution in [2.45, 2.75) is 6.04 Å². The van der Waals surface area contributed by atoms with Crippen molar-refractivity contribution in [1.29, 1.82) is 0 Å². The number of carbonyl (C=O) groups is 3. The van der Waals surface area contributed by atoms with Crippen LogP contribution in [0.25, 0.3) is 0 Å². The number of nitrogens with zero attached hydrogens (tertiary/aromatic N) is 1. The van der Waals surface area contributed by atoms with E-state index in [0.29, 0.717) is 24.5 Å². The fourth-order valence-corrected chi connectivity index (χ4v) is 2.85. The van der Waals surface area contributed by atoms with Gasteiger partial charge in [-0.3, -0.25) is 9.59 Å². The van der Waals surface area contributed by atoms with Gasteiger partial charge in [-0.1, -0.05) is 30.3 Å². The number of benzene rings is 2. The van der Waals surface area contributed by atoms with Crippen LogP contribution in [0, 0.1) is 0 Å². The molecule has 1 aliphatic heterocycles. The van der Waals surface area contributed by atoms with Gasteiger partial charge in [0.15, 0.2) is 6.61 Å². The fraction of sp³-hybridized carbons (Fsp3) is 0.286. The molecule has 1 N–H and O–H groups in total. The van der Waals surface area contributed by atoms with Crippen LogP contribution in [-0.2, 0) is 14.3 Å². The van der Waals surface area contributed by atoms with Crippen LogP contribution in [0.2, 0.25) is 0 Å². The number of ether oxygens (including phenoxy) is 3. The average Bonchev–Trinajstić information content (AvgIpc) is 3.06. The van der Waals surface area contributed by atoms with Gasteiger partial charge in [0.2, 0.25) is 0 Å². The SMILES string of the molecule is COCCOc1ccc(C(=O)NC(CN2C(=O)COC2=O)c2ccccc2)cc1. The number of cyclic esters (lactones) is 1. The minimum Gasteiger partial charge on any atom is -0.491 e. The Hall–Kier alpha value is -3.39. The topological polar surface area (TPSA) is 94.2 Å². The Labute approximate surface area is 168 Å². The van der Waals surface area contributed by atoms with E-state index in [2.05, 4.69) is 5.32 Å². The van der Waals surface area contributed by atoms with E-state index in [1.54, 1.807) is 31.4 Å². The zero-order valence-electron chi connectivity index (χ0n) is 16.0. The molecule has 0 bridgehead atoms. The van der Waals surface area contributed by atoms with Crippen LogP contribution in [0.3, 0.4) is 0 Å². The van der Waals surface area contributed by atoms with E-state index in [0.717, 1.165) is 10.5 Å². The Bertz CT molecular complexity index is 837. The van der Waals surface area contributed by atoms with Crippen LogP contribution < -0.4 is 10.1 Å². The largest absolute Gasteiger partial charge is 0.491 e. The third kappa shape index (κ3) is 5.32. The van der Waals surface area contributed by atoms with E-state index < -0.39 is 18.0 Å². The van der Waals surface area contributed by atoms with Crippen molar-refractivity contribution in [3.63, 3.8) is 0 Å². The molecule has 0 spiro atoms. The highest BCUT2D eigenvalue weighted by Gasteiger charge is 2.33. The maximum atomic E-state index is 12.7. The summed E-state index contributed by atoms with van der Waals surface area (Å²) in [4.78, 5) is 37.4. The monoisotopic (exact) mass is 398 g/mol. The standard InChI is InChI=1S/C21H22N2O6/c1-27-11-12-28-17-9-7-16(8-10-17)20(25)22-18(15-5-3-2-4-6-15)13-23-19(24)14-29-21(23)26/h2-10,18H,11-14H2,1H3,(H,22,25). The van der Waals surface area contributed by atoms with Crippen LogP contribution in [0.1, 0.15) is 22.0 Å². The summed E-state index contributed by atoms with van der Waals surface area (Å²) in [6.07, 6.45) is -0.706. The number of nitrogens with one attached hydrogen (secondary N) is 1. The molecular weight excluding hydrogens is 376 g/mol. The molecule has 3 rings (SSSR count). The Balaban J connectivity index is 1.71. The highest BCUT2D eigenvalue weighted by atomic mass is 16.6. The van der Waals surface area contributed by atoms with Crippen LogP contribution in [0.15, 0.2) is 54.6 Å². The molecule has 0 saturated carbocycles. The number of rotatable bonds is 9. The van der Waals surface area contributed by atoms with Gasteiger partial charge >= 0.3 is 6.09 Å². The van der Waals surface area contributed by atoms with Crippen molar-refractivity contribution in [3.8, 4) is 5.75 Å². The zero-order valence-corrected chi connectivity index (χ0v) is 16.0. The second-order valence-corrected chi connectivity index (χ2v) is 6.36. The minimum atomic E-state index is -0.706. The molecule has 1 fully saturated rings. The molecule has 3 amide bonds. The number of methoxy groups -OCH3 is 1. The summed E-state index contributed by atoms with van der Waals surface area (Å²) in [5, 5.41) is 2.89. The summed E-state index contributed by atoms with van der Waals surface area (Å²) in [5.74, 6) is -0.131. The van der Waals surface area contributed by atoms with E-state index in [9.17, 15) is 14.4 Å². The van der Waals surface area contributed by atoms with E-state index in [1.165, 1.54) is 0 Å².